The molecule has 1 atom stereocenters. The fourth-order valence-corrected chi connectivity index (χ4v) is 3.52. The Morgan fingerprint density at radius 3 is 2.48 bits per heavy atom. The SMILES string of the molecule is CCc1nnc([C@H](CCC(=O)Nc2cc(Cl)cc(S(=O)(=O)O)c2O)NC(=O)OC(C)(C)C)o1. The van der Waals surface area contributed by atoms with E-state index < -0.39 is 44.4 Å². The first-order valence-electron chi connectivity index (χ1n) is 9.81. The molecular formula is C19H25ClN4O8S. The molecule has 4 N–H and O–H groups in total. The highest BCUT2D eigenvalue weighted by atomic mass is 35.5. The molecule has 0 bridgehead atoms. The Kier molecular flexibility index (Phi) is 8.27. The molecule has 0 aliphatic rings. The Morgan fingerprint density at radius 1 is 1.27 bits per heavy atom. The number of phenolic OH excluding ortho intramolecular Hbond substituents is 1. The Labute approximate surface area is 195 Å². The summed E-state index contributed by atoms with van der Waals surface area (Å²) in [5.41, 5.74) is -1.08. The summed E-state index contributed by atoms with van der Waals surface area (Å²) in [6, 6.07) is 1.09. The first-order chi connectivity index (χ1) is 15.2. The van der Waals surface area contributed by atoms with E-state index >= 15 is 0 Å². The molecule has 0 spiro atoms. The minimum absolute atomic E-state index is 0.00288. The van der Waals surface area contributed by atoms with Gasteiger partial charge in [0, 0.05) is 17.9 Å². The van der Waals surface area contributed by atoms with Crippen LogP contribution in [-0.4, -0.2) is 45.9 Å². The Hall–Kier alpha value is -2.90. The Morgan fingerprint density at radius 2 is 1.94 bits per heavy atom. The molecule has 1 aromatic heterocycles. The highest BCUT2D eigenvalue weighted by Gasteiger charge is 2.26. The topological polar surface area (TPSA) is 181 Å². The average molecular weight is 505 g/mol. The van der Waals surface area contributed by atoms with E-state index in [9.17, 15) is 27.7 Å². The zero-order valence-electron chi connectivity index (χ0n) is 18.4. The molecule has 0 saturated carbocycles. The number of nitrogens with one attached hydrogen (secondary N) is 2. The number of carbonyl (C=O) groups is 2. The summed E-state index contributed by atoms with van der Waals surface area (Å²) >= 11 is 5.82. The second-order valence-electron chi connectivity index (χ2n) is 7.95. The second-order valence-corrected chi connectivity index (χ2v) is 9.77. The van der Waals surface area contributed by atoms with Crippen LogP contribution in [-0.2, 0) is 26.1 Å². The third-order valence-electron chi connectivity index (χ3n) is 4.03. The zero-order valence-corrected chi connectivity index (χ0v) is 20.0. The van der Waals surface area contributed by atoms with Crippen LogP contribution in [0.25, 0.3) is 0 Å². The number of alkyl carbamates (subject to hydrolysis) is 1. The number of aryl methyl sites for hydroxylation is 1. The predicted octanol–water partition coefficient (Wildman–Crippen LogP) is 3.22. The van der Waals surface area contributed by atoms with Gasteiger partial charge in [0.2, 0.25) is 17.7 Å². The zero-order chi connectivity index (χ0) is 25.0. The lowest BCUT2D eigenvalue weighted by Crippen LogP contribution is -2.35. The lowest BCUT2D eigenvalue weighted by molar-refractivity contribution is -0.116. The van der Waals surface area contributed by atoms with E-state index in [2.05, 4.69) is 20.8 Å². The highest BCUT2D eigenvalue weighted by molar-refractivity contribution is 7.86. The van der Waals surface area contributed by atoms with E-state index in [4.69, 9.17) is 20.8 Å². The number of ether oxygens (including phenoxy) is 1. The van der Waals surface area contributed by atoms with Crippen molar-refractivity contribution in [2.45, 2.75) is 63.5 Å². The lowest BCUT2D eigenvalue weighted by Gasteiger charge is -2.22. The number of benzene rings is 1. The van der Waals surface area contributed by atoms with Crippen LogP contribution in [0.1, 0.15) is 58.4 Å². The molecule has 12 nitrogen and oxygen atoms in total. The maximum Gasteiger partial charge on any atom is 0.408 e. The van der Waals surface area contributed by atoms with Gasteiger partial charge in [0.05, 0.1) is 5.69 Å². The molecule has 1 heterocycles. The van der Waals surface area contributed by atoms with Gasteiger partial charge >= 0.3 is 6.09 Å². The summed E-state index contributed by atoms with van der Waals surface area (Å²) in [7, 11) is -4.78. The summed E-state index contributed by atoms with van der Waals surface area (Å²) in [6.45, 7) is 6.87. The monoisotopic (exact) mass is 504 g/mol. The van der Waals surface area contributed by atoms with Gasteiger partial charge in [-0.1, -0.05) is 18.5 Å². The van der Waals surface area contributed by atoms with Crippen molar-refractivity contribution in [3.05, 3.63) is 28.9 Å². The van der Waals surface area contributed by atoms with Crippen LogP contribution in [0.4, 0.5) is 10.5 Å². The molecule has 14 heteroatoms. The number of halogens is 1. The quantitative estimate of drug-likeness (QED) is 0.307. The van der Waals surface area contributed by atoms with Gasteiger partial charge in [-0.2, -0.15) is 8.42 Å². The summed E-state index contributed by atoms with van der Waals surface area (Å²) in [5, 5.41) is 22.6. The molecule has 1 aromatic carbocycles. The number of nitrogens with zero attached hydrogens (tertiary/aromatic N) is 2. The van der Waals surface area contributed by atoms with E-state index in [0.29, 0.717) is 12.3 Å². The van der Waals surface area contributed by atoms with Crippen LogP contribution in [0.15, 0.2) is 21.4 Å². The number of hydrogen-bond acceptors (Lipinski definition) is 9. The van der Waals surface area contributed by atoms with Gasteiger partial charge in [-0.3, -0.25) is 9.35 Å². The van der Waals surface area contributed by atoms with E-state index in [1.807, 2.05) is 0 Å². The predicted molar refractivity (Wildman–Crippen MR) is 117 cm³/mol. The van der Waals surface area contributed by atoms with Crippen LogP contribution >= 0.6 is 11.6 Å². The number of anilines is 1. The smallest absolute Gasteiger partial charge is 0.408 e. The van der Waals surface area contributed by atoms with Gasteiger partial charge in [-0.05, 0) is 39.3 Å². The summed E-state index contributed by atoms with van der Waals surface area (Å²) in [4.78, 5) is 23.8. The van der Waals surface area contributed by atoms with Crippen LogP contribution in [0.5, 0.6) is 5.75 Å². The third-order valence-corrected chi connectivity index (χ3v) is 5.11. The molecule has 0 unspecified atom stereocenters. The summed E-state index contributed by atoms with van der Waals surface area (Å²) < 4.78 is 42.7. The van der Waals surface area contributed by atoms with Gasteiger partial charge in [0.15, 0.2) is 5.75 Å². The number of carbonyl (C=O) groups excluding carboxylic acids is 2. The molecule has 2 aromatic rings. The molecule has 0 saturated heterocycles. The standard InChI is InChI=1S/C19H25ClN4O8S/c1-5-15-23-24-17(31-15)11(22-18(27)32-19(2,3)4)6-7-14(25)21-12-8-10(20)9-13(16(12)26)33(28,29)30/h8-9,11,26H,5-7H2,1-4H3,(H,21,25)(H,22,27)(H,28,29,30)/t11-/m0/s1. The fraction of sp³-hybridized carbons (Fsp3) is 0.474. The van der Waals surface area contributed by atoms with Crippen molar-refractivity contribution in [1.82, 2.24) is 15.5 Å². The molecule has 33 heavy (non-hydrogen) atoms. The van der Waals surface area contributed by atoms with Crippen molar-refractivity contribution in [3.63, 3.8) is 0 Å². The molecule has 0 radical (unpaired) electrons. The maximum atomic E-state index is 12.5. The van der Waals surface area contributed by atoms with Gasteiger partial charge in [-0.25, -0.2) is 4.79 Å². The Bertz CT molecular complexity index is 1130. The summed E-state index contributed by atoms with van der Waals surface area (Å²) in [5.74, 6) is -1.11. The number of phenols is 1. The molecule has 0 aliphatic carbocycles. The first-order valence-corrected chi connectivity index (χ1v) is 11.6. The number of aromatic nitrogens is 2. The number of amides is 2. The number of aromatic hydroxyl groups is 1. The minimum Gasteiger partial charge on any atom is -0.504 e. The van der Waals surface area contributed by atoms with Crippen molar-refractivity contribution in [2.24, 2.45) is 0 Å². The third kappa shape index (κ3) is 7.87. The molecule has 2 rings (SSSR count). The van der Waals surface area contributed by atoms with E-state index in [1.165, 1.54) is 0 Å². The van der Waals surface area contributed by atoms with Gasteiger partial charge < -0.3 is 24.9 Å². The van der Waals surface area contributed by atoms with E-state index in [1.54, 1.807) is 27.7 Å². The molecule has 2 amide bonds. The lowest BCUT2D eigenvalue weighted by atomic mass is 10.1. The van der Waals surface area contributed by atoms with Crippen molar-refractivity contribution in [2.75, 3.05) is 5.32 Å². The van der Waals surface area contributed by atoms with Crippen LogP contribution in [0, 0.1) is 0 Å². The van der Waals surface area contributed by atoms with E-state index in [-0.39, 0.29) is 29.4 Å². The fourth-order valence-electron chi connectivity index (χ4n) is 2.61. The molecule has 0 fully saturated rings. The van der Waals surface area contributed by atoms with Crippen LogP contribution in [0.2, 0.25) is 5.02 Å². The average Bonchev–Trinajstić information content (AvgIpc) is 3.14. The van der Waals surface area contributed by atoms with E-state index in [0.717, 1.165) is 12.1 Å². The van der Waals surface area contributed by atoms with Crippen molar-refractivity contribution >= 4 is 39.4 Å². The van der Waals surface area contributed by atoms with Crippen LogP contribution < -0.4 is 10.6 Å². The maximum absolute atomic E-state index is 12.5. The Balaban J connectivity index is 2.16. The highest BCUT2D eigenvalue weighted by Crippen LogP contribution is 2.34. The normalized spacial score (nSPS) is 12.8. The first kappa shape index (κ1) is 26.4. The molecular weight excluding hydrogens is 480 g/mol. The molecule has 0 aliphatic heterocycles. The van der Waals surface area contributed by atoms with Crippen LogP contribution in [0.3, 0.4) is 0 Å². The summed E-state index contributed by atoms with van der Waals surface area (Å²) in [6.07, 6.45) is -0.494. The largest absolute Gasteiger partial charge is 0.504 e. The minimum atomic E-state index is -4.78. The van der Waals surface area contributed by atoms with Gasteiger partial charge in [-0.15, -0.1) is 10.2 Å². The van der Waals surface area contributed by atoms with Crippen molar-refractivity contribution < 1.29 is 36.8 Å². The van der Waals surface area contributed by atoms with Crippen molar-refractivity contribution in [1.29, 1.82) is 0 Å². The molecule has 182 valence electrons. The van der Waals surface area contributed by atoms with Crippen molar-refractivity contribution in [3.8, 4) is 5.75 Å². The van der Waals surface area contributed by atoms with Gasteiger partial charge in [0.1, 0.15) is 16.5 Å². The van der Waals surface area contributed by atoms with Gasteiger partial charge in [0.25, 0.3) is 10.1 Å². The number of hydrogen-bond donors (Lipinski definition) is 4. The number of rotatable bonds is 8. The second kappa shape index (κ2) is 10.4.